The molecule has 1 aliphatic heterocycles. The van der Waals surface area contributed by atoms with Gasteiger partial charge >= 0.3 is 0 Å². The fraction of sp³-hybridized carbons (Fsp3) is 0.0435. The first kappa shape index (κ1) is 21.5. The summed E-state index contributed by atoms with van der Waals surface area (Å²) in [6.07, 6.45) is 2.81. The van der Waals surface area contributed by atoms with Crippen LogP contribution < -0.4 is 10.6 Å². The van der Waals surface area contributed by atoms with Crippen LogP contribution in [0.5, 0.6) is 0 Å². The standard InChI is InChI=1S/C23H16ClN3O4S/c1-27-21(29)17-9-6-15(12-18(17)22(27)30)25-23(32)26-20(28)11-8-16-7-10-19(31-16)13-2-4-14(24)5-3-13/h2-12H,1H3,(H2,25,26,28,32)/b11-8+. The minimum Gasteiger partial charge on any atom is -0.457 e. The molecular weight excluding hydrogens is 450 g/mol. The van der Waals surface area contributed by atoms with E-state index in [2.05, 4.69) is 10.6 Å². The lowest BCUT2D eigenvalue weighted by Crippen LogP contribution is -2.32. The van der Waals surface area contributed by atoms with Crippen LogP contribution in [0.15, 0.2) is 65.1 Å². The summed E-state index contributed by atoms with van der Waals surface area (Å²) >= 11 is 11.0. The van der Waals surface area contributed by atoms with Crippen molar-refractivity contribution < 1.29 is 18.8 Å². The van der Waals surface area contributed by atoms with Crippen molar-refractivity contribution in [2.24, 2.45) is 0 Å². The molecule has 9 heteroatoms. The molecule has 3 aromatic rings. The largest absolute Gasteiger partial charge is 0.457 e. The number of halogens is 1. The summed E-state index contributed by atoms with van der Waals surface area (Å²) in [5.74, 6) is -0.0548. The van der Waals surface area contributed by atoms with Crippen molar-refractivity contribution in [1.82, 2.24) is 10.2 Å². The fourth-order valence-corrected chi connectivity index (χ4v) is 3.47. The Kier molecular flexibility index (Phi) is 5.89. The normalized spacial score (nSPS) is 12.9. The summed E-state index contributed by atoms with van der Waals surface area (Å²) < 4.78 is 5.71. The lowest BCUT2D eigenvalue weighted by atomic mass is 10.1. The van der Waals surface area contributed by atoms with Crippen molar-refractivity contribution in [1.29, 1.82) is 0 Å². The summed E-state index contributed by atoms with van der Waals surface area (Å²) in [6.45, 7) is 0. The number of furan rings is 1. The van der Waals surface area contributed by atoms with E-state index in [0.717, 1.165) is 10.5 Å². The highest BCUT2D eigenvalue weighted by Gasteiger charge is 2.32. The minimum atomic E-state index is -0.459. The van der Waals surface area contributed by atoms with E-state index >= 15 is 0 Å². The number of thiocarbonyl (C=S) groups is 1. The molecule has 1 aliphatic rings. The second-order valence-corrected chi connectivity index (χ2v) is 7.76. The van der Waals surface area contributed by atoms with Crippen molar-refractivity contribution >= 4 is 58.4 Å². The number of carbonyl (C=O) groups excluding carboxylic acids is 3. The van der Waals surface area contributed by atoms with Crippen LogP contribution in [0.25, 0.3) is 17.4 Å². The molecule has 4 rings (SSSR count). The van der Waals surface area contributed by atoms with E-state index in [1.54, 1.807) is 36.4 Å². The van der Waals surface area contributed by atoms with Gasteiger partial charge in [-0.1, -0.05) is 11.6 Å². The highest BCUT2D eigenvalue weighted by atomic mass is 35.5. The van der Waals surface area contributed by atoms with Gasteiger partial charge in [-0.2, -0.15) is 0 Å². The van der Waals surface area contributed by atoms with E-state index in [1.807, 2.05) is 12.1 Å². The Labute approximate surface area is 193 Å². The van der Waals surface area contributed by atoms with Crippen molar-refractivity contribution in [3.8, 4) is 11.3 Å². The molecular formula is C23H16ClN3O4S. The van der Waals surface area contributed by atoms with Gasteiger partial charge in [-0.15, -0.1) is 0 Å². The number of carbonyl (C=O) groups is 3. The minimum absolute atomic E-state index is 0.0472. The van der Waals surface area contributed by atoms with Gasteiger partial charge in [0.1, 0.15) is 11.5 Å². The third-order valence-electron chi connectivity index (χ3n) is 4.74. The van der Waals surface area contributed by atoms with E-state index in [9.17, 15) is 14.4 Å². The lowest BCUT2D eigenvalue weighted by molar-refractivity contribution is -0.115. The molecule has 0 unspecified atom stereocenters. The number of amides is 3. The molecule has 0 saturated carbocycles. The first-order chi connectivity index (χ1) is 15.3. The fourth-order valence-electron chi connectivity index (χ4n) is 3.12. The van der Waals surface area contributed by atoms with Gasteiger partial charge in [-0.3, -0.25) is 24.6 Å². The molecule has 2 N–H and O–H groups in total. The Morgan fingerprint density at radius 2 is 1.75 bits per heavy atom. The van der Waals surface area contributed by atoms with Crippen molar-refractivity contribution in [2.75, 3.05) is 12.4 Å². The third-order valence-corrected chi connectivity index (χ3v) is 5.19. The molecule has 0 atom stereocenters. The molecule has 0 saturated heterocycles. The van der Waals surface area contributed by atoms with Gasteiger partial charge in [-0.05, 0) is 72.9 Å². The molecule has 7 nitrogen and oxygen atoms in total. The summed E-state index contributed by atoms with van der Waals surface area (Å²) in [5, 5.41) is 6.03. The highest BCUT2D eigenvalue weighted by molar-refractivity contribution is 7.80. The number of rotatable bonds is 4. The van der Waals surface area contributed by atoms with Crippen LogP contribution in [-0.4, -0.2) is 34.8 Å². The Hall–Kier alpha value is -3.75. The summed E-state index contributed by atoms with van der Waals surface area (Å²) in [5.41, 5.74) is 1.96. The topological polar surface area (TPSA) is 91.7 Å². The van der Waals surface area contributed by atoms with Crippen LogP contribution in [0, 0.1) is 0 Å². The van der Waals surface area contributed by atoms with E-state index in [1.165, 1.54) is 25.3 Å². The Morgan fingerprint density at radius 3 is 2.50 bits per heavy atom. The van der Waals surface area contributed by atoms with Crippen LogP contribution in [0.2, 0.25) is 5.02 Å². The summed E-state index contributed by atoms with van der Waals surface area (Å²) in [7, 11) is 1.42. The molecule has 0 spiro atoms. The highest BCUT2D eigenvalue weighted by Crippen LogP contribution is 2.25. The number of imide groups is 1. The van der Waals surface area contributed by atoms with Crippen molar-refractivity contribution in [3.63, 3.8) is 0 Å². The molecule has 32 heavy (non-hydrogen) atoms. The van der Waals surface area contributed by atoms with Gasteiger partial charge in [0.25, 0.3) is 11.8 Å². The number of benzene rings is 2. The number of anilines is 1. The lowest BCUT2D eigenvalue weighted by Gasteiger charge is -2.08. The summed E-state index contributed by atoms with van der Waals surface area (Å²) in [4.78, 5) is 37.3. The molecule has 2 heterocycles. The Bertz CT molecular complexity index is 1280. The maximum absolute atomic E-state index is 12.2. The van der Waals surface area contributed by atoms with Gasteiger partial charge in [0.2, 0.25) is 5.91 Å². The smallest absolute Gasteiger partial charge is 0.261 e. The van der Waals surface area contributed by atoms with Gasteiger partial charge in [0.15, 0.2) is 5.11 Å². The summed E-state index contributed by atoms with van der Waals surface area (Å²) in [6, 6.07) is 15.4. The molecule has 160 valence electrons. The molecule has 3 amide bonds. The molecule has 0 bridgehead atoms. The Balaban J connectivity index is 1.35. The molecule has 1 aromatic heterocycles. The van der Waals surface area contributed by atoms with Crippen LogP contribution in [-0.2, 0) is 4.79 Å². The number of nitrogens with one attached hydrogen (secondary N) is 2. The van der Waals surface area contributed by atoms with Crippen LogP contribution in [0.4, 0.5) is 5.69 Å². The molecule has 2 aromatic carbocycles. The maximum atomic E-state index is 12.2. The van der Waals surface area contributed by atoms with E-state index in [0.29, 0.717) is 27.8 Å². The number of hydrogen-bond donors (Lipinski definition) is 2. The van der Waals surface area contributed by atoms with Crippen LogP contribution in [0.1, 0.15) is 26.5 Å². The average molecular weight is 466 g/mol. The second kappa shape index (κ2) is 8.78. The molecule has 0 radical (unpaired) electrons. The first-order valence-corrected chi connectivity index (χ1v) is 10.2. The SMILES string of the molecule is CN1C(=O)c2ccc(NC(=S)NC(=O)/C=C/c3ccc(-c4ccc(Cl)cc4)o3)cc2C1=O. The van der Waals surface area contributed by atoms with Crippen molar-refractivity contribution in [3.05, 3.63) is 82.6 Å². The third kappa shape index (κ3) is 4.46. The predicted molar refractivity (Wildman–Crippen MR) is 125 cm³/mol. The zero-order valence-electron chi connectivity index (χ0n) is 16.7. The average Bonchev–Trinajstić information content (AvgIpc) is 3.32. The zero-order chi connectivity index (χ0) is 22.8. The van der Waals surface area contributed by atoms with Gasteiger partial charge in [0, 0.05) is 29.4 Å². The second-order valence-electron chi connectivity index (χ2n) is 6.92. The number of fused-ring (bicyclic) bond motifs is 1. The molecule has 0 fully saturated rings. The quantitative estimate of drug-likeness (QED) is 0.338. The van der Waals surface area contributed by atoms with Crippen LogP contribution in [0.3, 0.4) is 0 Å². The Morgan fingerprint density at radius 1 is 1.03 bits per heavy atom. The van der Waals surface area contributed by atoms with E-state index in [-0.39, 0.29) is 22.5 Å². The predicted octanol–water partition coefficient (Wildman–Crippen LogP) is 4.35. The first-order valence-electron chi connectivity index (χ1n) is 9.44. The van der Waals surface area contributed by atoms with Crippen LogP contribution >= 0.6 is 23.8 Å². The van der Waals surface area contributed by atoms with Gasteiger partial charge in [-0.25, -0.2) is 0 Å². The van der Waals surface area contributed by atoms with E-state index in [4.69, 9.17) is 28.2 Å². The number of nitrogens with zero attached hydrogens (tertiary/aromatic N) is 1. The monoisotopic (exact) mass is 465 g/mol. The van der Waals surface area contributed by atoms with Gasteiger partial charge in [0.05, 0.1) is 11.1 Å². The molecule has 0 aliphatic carbocycles. The van der Waals surface area contributed by atoms with Gasteiger partial charge < -0.3 is 9.73 Å². The maximum Gasteiger partial charge on any atom is 0.261 e. The van der Waals surface area contributed by atoms with E-state index < -0.39 is 5.91 Å². The van der Waals surface area contributed by atoms with Crippen molar-refractivity contribution in [2.45, 2.75) is 0 Å². The number of hydrogen-bond acceptors (Lipinski definition) is 5. The zero-order valence-corrected chi connectivity index (χ0v) is 18.3.